The van der Waals surface area contributed by atoms with Crippen LogP contribution in [0.25, 0.3) is 22.5 Å². The van der Waals surface area contributed by atoms with E-state index in [2.05, 4.69) is 32.3 Å². The summed E-state index contributed by atoms with van der Waals surface area (Å²) in [5, 5.41) is 7.04. The lowest BCUT2D eigenvalue weighted by Crippen LogP contribution is -2.44. The van der Waals surface area contributed by atoms with E-state index >= 15 is 0 Å². The number of piperazine rings is 1. The molecule has 1 amide bonds. The SMILES string of the molecule is COc1ccc(NC(=O)c2ccc(-c3ccc(-c4noc(C)n4)cc3)cc2C)cc1N1CCN(C)CC1. The lowest BCUT2D eigenvalue weighted by atomic mass is 9.98. The van der Waals surface area contributed by atoms with Gasteiger partial charge in [-0.2, -0.15) is 4.98 Å². The fourth-order valence-corrected chi connectivity index (χ4v) is 4.59. The summed E-state index contributed by atoms with van der Waals surface area (Å²) in [7, 11) is 3.81. The summed E-state index contributed by atoms with van der Waals surface area (Å²) in [4.78, 5) is 22.1. The summed E-state index contributed by atoms with van der Waals surface area (Å²) in [6, 6.07) is 19.7. The van der Waals surface area contributed by atoms with Gasteiger partial charge in [-0.1, -0.05) is 41.6 Å². The highest BCUT2D eigenvalue weighted by Crippen LogP contribution is 2.32. The number of amides is 1. The molecule has 4 aromatic rings. The quantitative estimate of drug-likeness (QED) is 0.400. The Bertz CT molecular complexity index is 1410. The van der Waals surface area contributed by atoms with Crippen molar-refractivity contribution in [1.29, 1.82) is 0 Å². The zero-order valence-corrected chi connectivity index (χ0v) is 21.6. The molecule has 1 aromatic heterocycles. The fraction of sp³-hybridized carbons (Fsp3) is 0.276. The minimum Gasteiger partial charge on any atom is -0.495 e. The number of likely N-dealkylation sites (N-methyl/N-ethyl adjacent to an activating group) is 1. The summed E-state index contributed by atoms with van der Waals surface area (Å²) in [6.07, 6.45) is 0. The first-order valence-electron chi connectivity index (χ1n) is 12.4. The highest BCUT2D eigenvalue weighted by Gasteiger charge is 2.19. The molecule has 5 rings (SSSR count). The number of nitrogens with zero attached hydrogens (tertiary/aromatic N) is 4. The average Bonchev–Trinajstić information content (AvgIpc) is 3.35. The summed E-state index contributed by atoms with van der Waals surface area (Å²) < 4.78 is 10.7. The summed E-state index contributed by atoms with van der Waals surface area (Å²) in [6.45, 7) is 7.54. The summed E-state index contributed by atoms with van der Waals surface area (Å²) in [5.41, 5.74) is 6.26. The molecule has 0 atom stereocenters. The van der Waals surface area contributed by atoms with Crippen LogP contribution < -0.4 is 15.0 Å². The molecule has 0 spiro atoms. The van der Waals surface area contributed by atoms with E-state index < -0.39 is 0 Å². The van der Waals surface area contributed by atoms with E-state index in [1.165, 1.54) is 0 Å². The second-order valence-corrected chi connectivity index (χ2v) is 9.38. The van der Waals surface area contributed by atoms with Crippen molar-refractivity contribution in [3.05, 3.63) is 77.7 Å². The van der Waals surface area contributed by atoms with Crippen LogP contribution in [-0.2, 0) is 0 Å². The molecule has 0 aliphatic carbocycles. The van der Waals surface area contributed by atoms with E-state index in [-0.39, 0.29) is 5.91 Å². The van der Waals surface area contributed by atoms with Crippen LogP contribution in [-0.4, -0.2) is 61.3 Å². The van der Waals surface area contributed by atoms with Crippen molar-refractivity contribution in [1.82, 2.24) is 15.0 Å². The van der Waals surface area contributed by atoms with Crippen molar-refractivity contribution >= 4 is 17.3 Å². The van der Waals surface area contributed by atoms with Crippen molar-refractivity contribution in [2.45, 2.75) is 13.8 Å². The van der Waals surface area contributed by atoms with E-state index in [1.54, 1.807) is 14.0 Å². The third-order valence-electron chi connectivity index (χ3n) is 6.76. The van der Waals surface area contributed by atoms with Crippen LogP contribution in [0.4, 0.5) is 11.4 Å². The van der Waals surface area contributed by atoms with Gasteiger partial charge >= 0.3 is 0 Å². The standard InChI is InChI=1S/C29H31N5O3/c1-19-17-23(21-5-7-22(8-6-21)28-30-20(2)37-32-28)9-11-25(19)29(35)31-24-10-12-27(36-4)26(18-24)34-15-13-33(3)14-16-34/h5-12,17-18H,13-16H2,1-4H3,(H,31,35). The third-order valence-corrected chi connectivity index (χ3v) is 6.76. The van der Waals surface area contributed by atoms with Gasteiger partial charge in [0.2, 0.25) is 11.7 Å². The highest BCUT2D eigenvalue weighted by molar-refractivity contribution is 6.06. The maximum Gasteiger partial charge on any atom is 0.255 e. The molecule has 37 heavy (non-hydrogen) atoms. The van der Waals surface area contributed by atoms with Gasteiger partial charge in [-0.05, 0) is 54.9 Å². The maximum atomic E-state index is 13.2. The molecule has 0 unspecified atom stereocenters. The number of hydrogen-bond acceptors (Lipinski definition) is 7. The number of ether oxygens (including phenoxy) is 1. The highest BCUT2D eigenvalue weighted by atomic mass is 16.5. The van der Waals surface area contributed by atoms with Crippen molar-refractivity contribution < 1.29 is 14.1 Å². The molecule has 0 saturated carbocycles. The van der Waals surface area contributed by atoms with Crippen molar-refractivity contribution in [3.63, 3.8) is 0 Å². The first-order valence-corrected chi connectivity index (χ1v) is 12.4. The topological polar surface area (TPSA) is 83.7 Å². The van der Waals surface area contributed by atoms with Crippen LogP contribution in [0.15, 0.2) is 65.2 Å². The molecule has 8 nitrogen and oxygen atoms in total. The number of nitrogens with one attached hydrogen (secondary N) is 1. The average molecular weight is 498 g/mol. The van der Waals surface area contributed by atoms with Gasteiger partial charge in [0, 0.05) is 49.9 Å². The lowest BCUT2D eigenvalue weighted by Gasteiger charge is -2.35. The Morgan fingerprint density at radius 1 is 0.919 bits per heavy atom. The number of aromatic nitrogens is 2. The zero-order chi connectivity index (χ0) is 25.9. The van der Waals surface area contributed by atoms with Gasteiger partial charge in [0.1, 0.15) is 5.75 Å². The second kappa shape index (κ2) is 10.4. The third kappa shape index (κ3) is 5.34. The smallest absolute Gasteiger partial charge is 0.255 e. The van der Waals surface area contributed by atoms with Gasteiger partial charge in [-0.25, -0.2) is 0 Å². The van der Waals surface area contributed by atoms with Crippen LogP contribution in [0.2, 0.25) is 0 Å². The Labute approximate surface area is 216 Å². The van der Waals surface area contributed by atoms with Gasteiger partial charge in [0.25, 0.3) is 5.91 Å². The van der Waals surface area contributed by atoms with Crippen LogP contribution in [0, 0.1) is 13.8 Å². The number of rotatable bonds is 6. The van der Waals surface area contributed by atoms with Crippen LogP contribution >= 0.6 is 0 Å². The molecule has 0 bridgehead atoms. The first-order chi connectivity index (χ1) is 17.9. The van der Waals surface area contributed by atoms with E-state index in [4.69, 9.17) is 9.26 Å². The number of aryl methyl sites for hydroxylation is 2. The minimum absolute atomic E-state index is 0.138. The van der Waals surface area contributed by atoms with Crippen LogP contribution in [0.5, 0.6) is 5.75 Å². The van der Waals surface area contributed by atoms with Gasteiger partial charge < -0.3 is 24.4 Å². The minimum atomic E-state index is -0.138. The molecule has 1 aliphatic rings. The van der Waals surface area contributed by atoms with Gasteiger partial charge in [0.15, 0.2) is 0 Å². The summed E-state index contributed by atoms with van der Waals surface area (Å²) in [5.74, 6) is 1.78. The molecule has 190 valence electrons. The van der Waals surface area contributed by atoms with Crippen molar-refractivity contribution in [2.75, 3.05) is 50.6 Å². The van der Waals surface area contributed by atoms with Crippen LogP contribution in [0.3, 0.4) is 0 Å². The normalized spacial score (nSPS) is 14.0. The monoisotopic (exact) mass is 497 g/mol. The largest absolute Gasteiger partial charge is 0.495 e. The zero-order valence-electron chi connectivity index (χ0n) is 21.6. The number of carbonyl (C=O) groups is 1. The fourth-order valence-electron chi connectivity index (χ4n) is 4.59. The lowest BCUT2D eigenvalue weighted by molar-refractivity contribution is 0.102. The Balaban J connectivity index is 1.32. The van der Waals surface area contributed by atoms with E-state index in [0.29, 0.717) is 17.3 Å². The first kappa shape index (κ1) is 24.5. The van der Waals surface area contributed by atoms with E-state index in [0.717, 1.165) is 65.6 Å². The predicted molar refractivity (Wildman–Crippen MR) is 145 cm³/mol. The van der Waals surface area contributed by atoms with Crippen LogP contribution in [0.1, 0.15) is 21.8 Å². The maximum absolute atomic E-state index is 13.2. The number of benzene rings is 3. The molecular weight excluding hydrogens is 466 g/mol. The van der Waals surface area contributed by atoms with Gasteiger partial charge in [-0.3, -0.25) is 4.79 Å². The molecule has 1 fully saturated rings. The molecule has 1 aliphatic heterocycles. The van der Waals surface area contributed by atoms with Gasteiger partial charge in [0.05, 0.1) is 12.8 Å². The Morgan fingerprint density at radius 3 is 2.27 bits per heavy atom. The van der Waals surface area contributed by atoms with E-state index in [1.807, 2.05) is 67.6 Å². The number of hydrogen-bond donors (Lipinski definition) is 1. The number of methoxy groups -OCH3 is 1. The number of anilines is 2. The molecule has 1 saturated heterocycles. The Hall–Kier alpha value is -4.17. The number of carbonyl (C=O) groups excluding carboxylic acids is 1. The molecule has 0 radical (unpaired) electrons. The Kier molecular flexibility index (Phi) is 6.92. The molecule has 1 N–H and O–H groups in total. The van der Waals surface area contributed by atoms with E-state index in [9.17, 15) is 4.79 Å². The van der Waals surface area contributed by atoms with Crippen molar-refractivity contribution in [3.8, 4) is 28.3 Å². The predicted octanol–water partition coefficient (Wildman–Crippen LogP) is 5.03. The molecule has 2 heterocycles. The molecular formula is C29H31N5O3. The molecule has 8 heteroatoms. The van der Waals surface area contributed by atoms with Crippen molar-refractivity contribution in [2.24, 2.45) is 0 Å². The Morgan fingerprint density at radius 2 is 1.62 bits per heavy atom. The second-order valence-electron chi connectivity index (χ2n) is 9.38. The molecule has 3 aromatic carbocycles. The summed E-state index contributed by atoms with van der Waals surface area (Å²) >= 11 is 0. The van der Waals surface area contributed by atoms with Gasteiger partial charge in [-0.15, -0.1) is 0 Å².